The molecule has 0 atom stereocenters. The number of benzene rings is 1. The van der Waals surface area contributed by atoms with E-state index < -0.39 is 26.7 Å². The van der Waals surface area contributed by atoms with Crippen molar-refractivity contribution in [2.75, 3.05) is 26.2 Å². The van der Waals surface area contributed by atoms with Crippen LogP contribution in [-0.2, 0) is 29.3 Å². The molecule has 1 aromatic heterocycles. The molecular weight excluding hydrogens is 397 g/mol. The highest BCUT2D eigenvalue weighted by molar-refractivity contribution is 7.89. The first kappa shape index (κ1) is 20.7. The molecule has 0 spiro atoms. The molecule has 8 nitrogen and oxygen atoms in total. The summed E-state index contributed by atoms with van der Waals surface area (Å²) < 4.78 is 68.1. The van der Waals surface area contributed by atoms with Gasteiger partial charge in [0, 0.05) is 6.54 Å². The molecule has 3 rings (SSSR count). The van der Waals surface area contributed by atoms with Crippen LogP contribution < -0.4 is 4.90 Å². The van der Waals surface area contributed by atoms with Crippen molar-refractivity contribution in [3.05, 3.63) is 35.7 Å². The lowest BCUT2D eigenvalue weighted by molar-refractivity contribution is -0.918. The van der Waals surface area contributed by atoms with Gasteiger partial charge in [-0.3, -0.25) is 0 Å². The number of rotatable bonds is 6. The lowest BCUT2D eigenvalue weighted by Crippen LogP contribution is -3.13. The molecule has 2 heterocycles. The third kappa shape index (κ3) is 4.33. The number of tetrazole rings is 1. The van der Waals surface area contributed by atoms with Crippen molar-refractivity contribution in [1.82, 2.24) is 24.5 Å². The minimum atomic E-state index is -4.73. The fourth-order valence-electron chi connectivity index (χ4n) is 3.24. The SMILES string of the molecule is CCCn1nnnc1C[NH+]1CCN(S(=O)(=O)c2ccccc2C(F)(F)F)CC1. The minimum absolute atomic E-state index is 0.138. The Labute approximate surface area is 161 Å². The number of nitrogens with one attached hydrogen (secondary N) is 1. The van der Waals surface area contributed by atoms with Gasteiger partial charge < -0.3 is 4.90 Å². The number of alkyl halides is 3. The van der Waals surface area contributed by atoms with E-state index in [1.807, 2.05) is 6.92 Å². The van der Waals surface area contributed by atoms with Gasteiger partial charge in [0.1, 0.15) is 6.54 Å². The molecule has 12 heteroatoms. The summed E-state index contributed by atoms with van der Waals surface area (Å²) in [5, 5.41) is 11.6. The zero-order valence-corrected chi connectivity index (χ0v) is 16.2. The van der Waals surface area contributed by atoms with E-state index in [1.54, 1.807) is 4.68 Å². The summed E-state index contributed by atoms with van der Waals surface area (Å²) in [7, 11) is -4.22. The normalized spacial score (nSPS) is 17.1. The van der Waals surface area contributed by atoms with Gasteiger partial charge in [-0.2, -0.15) is 17.5 Å². The van der Waals surface area contributed by atoms with Gasteiger partial charge in [-0.25, -0.2) is 13.1 Å². The van der Waals surface area contributed by atoms with Crippen molar-refractivity contribution in [3.63, 3.8) is 0 Å². The molecule has 28 heavy (non-hydrogen) atoms. The second kappa shape index (κ2) is 8.13. The molecule has 0 amide bonds. The third-order valence-electron chi connectivity index (χ3n) is 4.69. The maximum atomic E-state index is 13.2. The van der Waals surface area contributed by atoms with Gasteiger partial charge in [-0.15, -0.1) is 5.10 Å². The molecule has 0 saturated carbocycles. The highest BCUT2D eigenvalue weighted by atomic mass is 32.2. The molecule has 1 aliphatic rings. The summed E-state index contributed by atoms with van der Waals surface area (Å²) in [6.45, 7) is 4.46. The molecule has 1 saturated heterocycles. The molecule has 0 bridgehead atoms. The number of quaternary nitrogens is 1. The Kier molecular flexibility index (Phi) is 6.01. The van der Waals surface area contributed by atoms with Gasteiger partial charge in [0.15, 0.2) is 0 Å². The van der Waals surface area contributed by atoms with Gasteiger partial charge in [0.2, 0.25) is 15.8 Å². The van der Waals surface area contributed by atoms with Crippen LogP contribution in [0.3, 0.4) is 0 Å². The number of piperazine rings is 1. The summed E-state index contributed by atoms with van der Waals surface area (Å²) in [5.41, 5.74) is -1.14. The number of nitrogens with zero attached hydrogens (tertiary/aromatic N) is 5. The van der Waals surface area contributed by atoms with Crippen LogP contribution in [-0.4, -0.2) is 59.1 Å². The first-order valence-electron chi connectivity index (χ1n) is 8.98. The lowest BCUT2D eigenvalue weighted by Gasteiger charge is -2.31. The maximum Gasteiger partial charge on any atom is 0.417 e. The molecular formula is C16H22F3N6O2S+. The van der Waals surface area contributed by atoms with Gasteiger partial charge in [-0.1, -0.05) is 19.1 Å². The minimum Gasteiger partial charge on any atom is -0.326 e. The topological polar surface area (TPSA) is 85.4 Å². The zero-order chi connectivity index (χ0) is 20.4. The summed E-state index contributed by atoms with van der Waals surface area (Å²) in [6.07, 6.45) is -3.84. The predicted octanol–water partition coefficient (Wildman–Crippen LogP) is 0.191. The molecule has 1 aromatic carbocycles. The molecule has 1 aliphatic heterocycles. The Morgan fingerprint density at radius 1 is 1.18 bits per heavy atom. The Hall–Kier alpha value is -2.05. The lowest BCUT2D eigenvalue weighted by atomic mass is 10.2. The Morgan fingerprint density at radius 2 is 1.86 bits per heavy atom. The predicted molar refractivity (Wildman–Crippen MR) is 92.7 cm³/mol. The maximum absolute atomic E-state index is 13.2. The summed E-state index contributed by atoms with van der Waals surface area (Å²) in [5.74, 6) is 0.718. The smallest absolute Gasteiger partial charge is 0.326 e. The molecule has 154 valence electrons. The van der Waals surface area contributed by atoms with E-state index in [-0.39, 0.29) is 13.1 Å². The average Bonchev–Trinajstić information content (AvgIpc) is 3.09. The third-order valence-corrected chi connectivity index (χ3v) is 6.65. The van der Waals surface area contributed by atoms with Gasteiger partial charge in [-0.05, 0) is 29.0 Å². The van der Waals surface area contributed by atoms with Crippen LogP contribution >= 0.6 is 0 Å². The zero-order valence-electron chi connectivity index (χ0n) is 15.4. The Balaban J connectivity index is 1.70. The van der Waals surface area contributed by atoms with Gasteiger partial charge in [0.05, 0.1) is 36.6 Å². The molecule has 0 aliphatic carbocycles. The van der Waals surface area contributed by atoms with Crippen LogP contribution in [0, 0.1) is 0 Å². The van der Waals surface area contributed by atoms with E-state index in [4.69, 9.17) is 0 Å². The largest absolute Gasteiger partial charge is 0.417 e. The van der Waals surface area contributed by atoms with Crippen molar-refractivity contribution in [2.45, 2.75) is 37.5 Å². The van der Waals surface area contributed by atoms with Crippen molar-refractivity contribution in [2.24, 2.45) is 0 Å². The second-order valence-electron chi connectivity index (χ2n) is 6.64. The van der Waals surface area contributed by atoms with E-state index in [9.17, 15) is 21.6 Å². The number of hydrogen-bond acceptors (Lipinski definition) is 5. The monoisotopic (exact) mass is 419 g/mol. The second-order valence-corrected chi connectivity index (χ2v) is 8.55. The molecule has 0 radical (unpaired) electrons. The highest BCUT2D eigenvalue weighted by Crippen LogP contribution is 2.35. The number of halogens is 3. The van der Waals surface area contributed by atoms with E-state index in [0.29, 0.717) is 26.2 Å². The van der Waals surface area contributed by atoms with Crippen LogP contribution in [0.25, 0.3) is 0 Å². The van der Waals surface area contributed by atoms with E-state index in [1.165, 1.54) is 12.1 Å². The van der Waals surface area contributed by atoms with Crippen molar-refractivity contribution in [1.29, 1.82) is 0 Å². The van der Waals surface area contributed by atoms with Gasteiger partial charge >= 0.3 is 6.18 Å². The van der Waals surface area contributed by atoms with E-state index in [2.05, 4.69) is 15.5 Å². The Morgan fingerprint density at radius 3 is 2.50 bits per heavy atom. The molecule has 1 N–H and O–H groups in total. The fraction of sp³-hybridized carbons (Fsp3) is 0.562. The first-order chi connectivity index (χ1) is 13.2. The summed E-state index contributed by atoms with van der Waals surface area (Å²) in [6, 6.07) is 4.29. The first-order valence-corrected chi connectivity index (χ1v) is 10.4. The van der Waals surface area contributed by atoms with Crippen molar-refractivity contribution >= 4 is 10.0 Å². The molecule has 2 aromatic rings. The summed E-state index contributed by atoms with van der Waals surface area (Å²) in [4.78, 5) is 0.389. The molecule has 1 fully saturated rings. The van der Waals surface area contributed by atoms with Crippen LogP contribution in [0.1, 0.15) is 24.7 Å². The van der Waals surface area contributed by atoms with Crippen LogP contribution in [0.4, 0.5) is 13.2 Å². The molecule has 0 unspecified atom stereocenters. The van der Waals surface area contributed by atoms with Crippen molar-refractivity contribution in [3.8, 4) is 0 Å². The number of aromatic nitrogens is 4. The number of aryl methyl sites for hydroxylation is 1. The standard InChI is InChI=1S/C16H21F3N6O2S/c1-2-7-25-15(20-21-22-25)12-23-8-10-24(11-9-23)28(26,27)14-6-4-3-5-13(14)16(17,18)19/h3-6H,2,7-12H2,1H3/p+1. The average molecular weight is 419 g/mol. The number of hydrogen-bond donors (Lipinski definition) is 1. The van der Waals surface area contributed by atoms with Gasteiger partial charge in [0.25, 0.3) is 0 Å². The highest BCUT2D eigenvalue weighted by Gasteiger charge is 2.40. The van der Waals surface area contributed by atoms with Crippen molar-refractivity contribution < 1.29 is 26.5 Å². The van der Waals surface area contributed by atoms with Crippen LogP contribution in [0.2, 0.25) is 0 Å². The Bertz CT molecular complexity index is 907. The van der Waals surface area contributed by atoms with Crippen LogP contribution in [0.15, 0.2) is 29.2 Å². The fourth-order valence-corrected chi connectivity index (χ4v) is 4.90. The van der Waals surface area contributed by atoms with E-state index in [0.717, 1.165) is 33.6 Å². The quantitative estimate of drug-likeness (QED) is 0.723. The number of sulfonamides is 1. The summed E-state index contributed by atoms with van der Waals surface area (Å²) >= 11 is 0. The van der Waals surface area contributed by atoms with E-state index >= 15 is 0 Å². The van der Waals surface area contributed by atoms with Crippen LogP contribution in [0.5, 0.6) is 0 Å².